The number of nitrogens with one attached hydrogen (secondary N) is 1. The Morgan fingerprint density at radius 3 is 2.62 bits per heavy atom. The number of aromatic nitrogens is 2. The van der Waals surface area contributed by atoms with Crippen molar-refractivity contribution < 1.29 is 9.59 Å². The van der Waals surface area contributed by atoms with Crippen molar-refractivity contribution in [3.8, 4) is 0 Å². The maximum absolute atomic E-state index is 12.8. The van der Waals surface area contributed by atoms with E-state index in [0.717, 1.165) is 24.1 Å². The Morgan fingerprint density at radius 2 is 1.93 bits per heavy atom. The summed E-state index contributed by atoms with van der Waals surface area (Å²) in [6.45, 7) is 1.77. The van der Waals surface area contributed by atoms with Crippen LogP contribution in [0.1, 0.15) is 34.3 Å². The number of nitrogens with zero attached hydrogens (tertiary/aromatic N) is 3. The van der Waals surface area contributed by atoms with Crippen molar-refractivity contribution in [2.75, 3.05) is 11.4 Å². The van der Waals surface area contributed by atoms with E-state index in [-0.39, 0.29) is 11.8 Å². The molecule has 1 saturated heterocycles. The maximum Gasteiger partial charge on any atom is 0.253 e. The van der Waals surface area contributed by atoms with Gasteiger partial charge in [-0.25, -0.2) is 4.98 Å². The van der Waals surface area contributed by atoms with Crippen molar-refractivity contribution in [3.05, 3.63) is 82.9 Å². The Morgan fingerprint density at radius 1 is 1.14 bits per heavy atom. The number of benzene rings is 2. The average Bonchev–Trinajstić information content (AvgIpc) is 3.38. The number of halogens is 1. The Kier molecular flexibility index (Phi) is 5.62. The molecule has 2 amide bonds. The molecule has 0 saturated carbocycles. The zero-order valence-corrected chi connectivity index (χ0v) is 16.6. The van der Waals surface area contributed by atoms with Crippen LogP contribution in [-0.2, 0) is 17.9 Å². The second-order valence-corrected chi connectivity index (χ2v) is 7.48. The molecule has 0 atom stereocenters. The fraction of sp³-hybridized carbons (Fsp3) is 0.227. The molecule has 6 nitrogen and oxygen atoms in total. The van der Waals surface area contributed by atoms with Crippen LogP contribution in [0.2, 0.25) is 5.02 Å². The van der Waals surface area contributed by atoms with E-state index in [1.165, 1.54) is 0 Å². The zero-order chi connectivity index (χ0) is 20.2. The van der Waals surface area contributed by atoms with Crippen LogP contribution >= 0.6 is 11.6 Å². The van der Waals surface area contributed by atoms with Gasteiger partial charge in [-0.15, -0.1) is 0 Å². The fourth-order valence-corrected chi connectivity index (χ4v) is 3.62. The summed E-state index contributed by atoms with van der Waals surface area (Å²) in [5.74, 6) is -0.200. The van der Waals surface area contributed by atoms with Crippen LogP contribution < -0.4 is 10.2 Å². The third kappa shape index (κ3) is 4.49. The number of anilines is 1. The van der Waals surface area contributed by atoms with Gasteiger partial charge in [-0.3, -0.25) is 9.59 Å². The summed E-state index contributed by atoms with van der Waals surface area (Å²) in [7, 11) is 0. The Labute approximate surface area is 174 Å². The molecule has 0 unspecified atom stereocenters. The first-order valence-electron chi connectivity index (χ1n) is 9.52. The number of amides is 2. The first-order valence-corrected chi connectivity index (χ1v) is 9.89. The van der Waals surface area contributed by atoms with Gasteiger partial charge < -0.3 is 14.8 Å². The SMILES string of the molecule is O=C(NCc1ccc(Cn2ccnc2)cc1)c1ccc(Cl)cc1N1CCCC1=O. The number of hydrogen-bond donors (Lipinski definition) is 1. The lowest BCUT2D eigenvalue weighted by molar-refractivity contribution is -0.117. The number of carbonyl (C=O) groups is 2. The summed E-state index contributed by atoms with van der Waals surface area (Å²) in [4.78, 5) is 30.6. The minimum absolute atomic E-state index is 0.0230. The highest BCUT2D eigenvalue weighted by Crippen LogP contribution is 2.28. The smallest absolute Gasteiger partial charge is 0.253 e. The molecule has 1 aliphatic rings. The van der Waals surface area contributed by atoms with Crippen molar-refractivity contribution in [3.63, 3.8) is 0 Å². The molecule has 1 fully saturated rings. The molecule has 3 aromatic rings. The Hall–Kier alpha value is -3.12. The molecule has 0 spiro atoms. The Bertz CT molecular complexity index is 1020. The molecule has 7 heteroatoms. The van der Waals surface area contributed by atoms with Gasteiger partial charge in [0, 0.05) is 43.5 Å². The van der Waals surface area contributed by atoms with E-state index in [4.69, 9.17) is 11.6 Å². The van der Waals surface area contributed by atoms with Crippen LogP contribution in [0, 0.1) is 0 Å². The molecule has 148 valence electrons. The van der Waals surface area contributed by atoms with Crippen LogP contribution in [0.3, 0.4) is 0 Å². The van der Waals surface area contributed by atoms with Gasteiger partial charge in [0.15, 0.2) is 0 Å². The number of carbonyl (C=O) groups excluding carboxylic acids is 2. The van der Waals surface area contributed by atoms with E-state index in [0.29, 0.717) is 35.8 Å². The topological polar surface area (TPSA) is 67.2 Å². The molecular formula is C22H21ClN4O2. The standard InChI is InChI=1S/C22H21ClN4O2/c23-18-7-8-19(20(12-18)27-10-1-2-21(27)28)22(29)25-13-16-3-5-17(6-4-16)14-26-11-9-24-15-26/h3-9,11-12,15H,1-2,10,13-14H2,(H,25,29). The molecule has 0 radical (unpaired) electrons. The van der Waals surface area contributed by atoms with Crippen molar-refractivity contribution in [2.45, 2.75) is 25.9 Å². The highest BCUT2D eigenvalue weighted by Gasteiger charge is 2.26. The molecule has 29 heavy (non-hydrogen) atoms. The molecular weight excluding hydrogens is 388 g/mol. The molecule has 1 N–H and O–H groups in total. The summed E-state index contributed by atoms with van der Waals surface area (Å²) < 4.78 is 2.00. The monoisotopic (exact) mass is 408 g/mol. The van der Waals surface area contributed by atoms with Gasteiger partial charge >= 0.3 is 0 Å². The first-order chi connectivity index (χ1) is 14.1. The summed E-state index contributed by atoms with van der Waals surface area (Å²) in [6.07, 6.45) is 6.74. The van der Waals surface area contributed by atoms with Gasteiger partial charge in [0.25, 0.3) is 5.91 Å². The lowest BCUT2D eigenvalue weighted by atomic mass is 10.1. The predicted octanol–water partition coefficient (Wildman–Crippen LogP) is 3.64. The fourth-order valence-electron chi connectivity index (χ4n) is 3.45. The van der Waals surface area contributed by atoms with Gasteiger partial charge in [0.05, 0.1) is 17.6 Å². The van der Waals surface area contributed by atoms with Gasteiger partial charge in [-0.05, 0) is 35.7 Å². The number of rotatable bonds is 6. The van der Waals surface area contributed by atoms with Gasteiger partial charge in [0.2, 0.25) is 5.91 Å². The minimum Gasteiger partial charge on any atom is -0.348 e. The molecule has 1 aliphatic heterocycles. The quantitative estimate of drug-likeness (QED) is 0.677. The zero-order valence-electron chi connectivity index (χ0n) is 15.8. The average molecular weight is 409 g/mol. The molecule has 1 aromatic heterocycles. The van der Waals surface area contributed by atoms with Crippen LogP contribution in [0.5, 0.6) is 0 Å². The lowest BCUT2D eigenvalue weighted by Crippen LogP contribution is -2.29. The van der Waals surface area contributed by atoms with Crippen LogP contribution in [0.25, 0.3) is 0 Å². The number of imidazole rings is 1. The lowest BCUT2D eigenvalue weighted by Gasteiger charge is -2.20. The van der Waals surface area contributed by atoms with Crippen LogP contribution in [0.4, 0.5) is 5.69 Å². The highest BCUT2D eigenvalue weighted by atomic mass is 35.5. The summed E-state index contributed by atoms with van der Waals surface area (Å²) in [5.41, 5.74) is 3.20. The second-order valence-electron chi connectivity index (χ2n) is 7.04. The molecule has 2 heterocycles. The third-order valence-corrected chi connectivity index (χ3v) is 5.20. The van der Waals surface area contributed by atoms with E-state index in [9.17, 15) is 9.59 Å². The van der Waals surface area contributed by atoms with Crippen molar-refractivity contribution >= 4 is 29.1 Å². The minimum atomic E-state index is -0.223. The maximum atomic E-state index is 12.8. The van der Waals surface area contributed by atoms with E-state index < -0.39 is 0 Å². The van der Waals surface area contributed by atoms with E-state index in [1.807, 2.05) is 35.0 Å². The normalized spacial score (nSPS) is 13.7. The van der Waals surface area contributed by atoms with Crippen molar-refractivity contribution in [2.24, 2.45) is 0 Å². The first kappa shape index (κ1) is 19.2. The van der Waals surface area contributed by atoms with Gasteiger partial charge in [0.1, 0.15) is 0 Å². The summed E-state index contributed by atoms with van der Waals surface area (Å²) in [6, 6.07) is 13.1. The molecule has 0 aliphatic carbocycles. The van der Waals surface area contributed by atoms with Crippen molar-refractivity contribution in [1.82, 2.24) is 14.9 Å². The largest absolute Gasteiger partial charge is 0.348 e. The predicted molar refractivity (Wildman–Crippen MR) is 112 cm³/mol. The van der Waals surface area contributed by atoms with E-state index in [2.05, 4.69) is 10.3 Å². The third-order valence-electron chi connectivity index (χ3n) is 4.97. The summed E-state index contributed by atoms with van der Waals surface area (Å²) >= 11 is 6.11. The Balaban J connectivity index is 1.43. The van der Waals surface area contributed by atoms with Crippen molar-refractivity contribution in [1.29, 1.82) is 0 Å². The molecule has 4 rings (SSSR count). The molecule has 2 aromatic carbocycles. The summed E-state index contributed by atoms with van der Waals surface area (Å²) in [5, 5.41) is 3.45. The van der Waals surface area contributed by atoms with E-state index >= 15 is 0 Å². The van der Waals surface area contributed by atoms with Crippen LogP contribution in [0.15, 0.2) is 61.2 Å². The van der Waals surface area contributed by atoms with E-state index in [1.54, 1.807) is 35.6 Å². The van der Waals surface area contributed by atoms with Gasteiger partial charge in [-0.2, -0.15) is 0 Å². The second kappa shape index (κ2) is 8.49. The van der Waals surface area contributed by atoms with Crippen LogP contribution in [-0.4, -0.2) is 27.9 Å². The highest BCUT2D eigenvalue weighted by molar-refractivity contribution is 6.31. The molecule has 0 bridgehead atoms. The number of hydrogen-bond acceptors (Lipinski definition) is 3. The van der Waals surface area contributed by atoms with Gasteiger partial charge in [-0.1, -0.05) is 35.9 Å².